The van der Waals surface area contributed by atoms with Crippen molar-refractivity contribution in [2.45, 2.75) is 25.7 Å². The molecule has 132 valence electrons. The van der Waals surface area contributed by atoms with Crippen LogP contribution in [0.15, 0.2) is 54.6 Å². The van der Waals surface area contributed by atoms with Gasteiger partial charge in [-0.15, -0.1) is 0 Å². The lowest BCUT2D eigenvalue weighted by molar-refractivity contribution is -0.116. The Labute approximate surface area is 152 Å². The van der Waals surface area contributed by atoms with Gasteiger partial charge in [-0.25, -0.2) is 0 Å². The fourth-order valence-corrected chi connectivity index (χ4v) is 3.44. The zero-order valence-corrected chi connectivity index (χ0v) is 14.7. The van der Waals surface area contributed by atoms with E-state index < -0.39 is 0 Å². The Morgan fingerprint density at radius 3 is 2.65 bits per heavy atom. The van der Waals surface area contributed by atoms with E-state index in [0.29, 0.717) is 18.8 Å². The Morgan fingerprint density at radius 1 is 1.12 bits per heavy atom. The highest BCUT2D eigenvalue weighted by molar-refractivity contribution is 5.94. The first-order valence-corrected chi connectivity index (χ1v) is 8.82. The van der Waals surface area contributed by atoms with E-state index in [1.807, 2.05) is 49.4 Å². The average Bonchev–Trinajstić information content (AvgIpc) is 3.03. The van der Waals surface area contributed by atoms with Crippen LogP contribution >= 0.6 is 0 Å². The van der Waals surface area contributed by atoms with Crippen LogP contribution in [0.3, 0.4) is 0 Å². The van der Waals surface area contributed by atoms with Crippen LogP contribution in [0, 0.1) is 6.92 Å². The maximum atomic E-state index is 12.0. The Hall–Kier alpha value is -3.08. The van der Waals surface area contributed by atoms with Gasteiger partial charge < -0.3 is 10.1 Å². The van der Waals surface area contributed by atoms with E-state index >= 15 is 0 Å². The molecule has 0 aliphatic carbocycles. The van der Waals surface area contributed by atoms with Gasteiger partial charge >= 0.3 is 0 Å². The molecule has 0 fully saturated rings. The van der Waals surface area contributed by atoms with Gasteiger partial charge in [0.1, 0.15) is 5.75 Å². The van der Waals surface area contributed by atoms with E-state index in [1.165, 1.54) is 5.56 Å². The molecule has 0 saturated heterocycles. The van der Waals surface area contributed by atoms with Crippen LogP contribution in [-0.4, -0.2) is 22.7 Å². The van der Waals surface area contributed by atoms with Gasteiger partial charge in [-0.05, 0) is 30.2 Å². The molecule has 2 aromatic carbocycles. The number of benzene rings is 2. The Kier molecular flexibility index (Phi) is 4.44. The molecule has 1 atom stereocenters. The first-order chi connectivity index (χ1) is 12.7. The van der Waals surface area contributed by atoms with Crippen LogP contribution in [-0.2, 0) is 11.2 Å². The Balaban J connectivity index is 1.45. The number of aryl methyl sites for hydroxylation is 1. The second kappa shape index (κ2) is 7.04. The Bertz CT molecular complexity index is 901. The highest BCUT2D eigenvalue weighted by Gasteiger charge is 2.30. The minimum Gasteiger partial charge on any atom is -0.493 e. The number of hydrogen-bond donors (Lipinski definition) is 2. The maximum Gasteiger partial charge on any atom is 0.226 e. The van der Waals surface area contributed by atoms with Gasteiger partial charge in [-0.2, -0.15) is 5.10 Å². The number of ether oxygens (including phenoxy) is 1. The molecule has 5 nitrogen and oxygen atoms in total. The van der Waals surface area contributed by atoms with Gasteiger partial charge in [0.05, 0.1) is 6.61 Å². The molecular formula is C21H21N3O2. The molecule has 0 radical (unpaired) electrons. The first-order valence-electron chi connectivity index (χ1n) is 8.82. The molecule has 5 heteroatoms. The number of fused-ring (bicyclic) bond motifs is 1. The molecule has 2 N–H and O–H groups in total. The fraction of sp³-hybridized carbons (Fsp3) is 0.238. The number of nitrogens with zero attached hydrogens (tertiary/aromatic N) is 1. The molecule has 1 amide bonds. The van der Waals surface area contributed by atoms with Crippen molar-refractivity contribution in [1.29, 1.82) is 0 Å². The van der Waals surface area contributed by atoms with E-state index in [0.717, 1.165) is 29.0 Å². The van der Waals surface area contributed by atoms with Crippen molar-refractivity contribution in [3.05, 3.63) is 77.0 Å². The van der Waals surface area contributed by atoms with E-state index in [-0.39, 0.29) is 11.8 Å². The van der Waals surface area contributed by atoms with Gasteiger partial charge in [0.25, 0.3) is 0 Å². The van der Waals surface area contributed by atoms with Crippen LogP contribution in [0.25, 0.3) is 0 Å². The summed E-state index contributed by atoms with van der Waals surface area (Å²) in [5, 5.41) is 9.98. The van der Waals surface area contributed by atoms with Crippen molar-refractivity contribution in [3.63, 3.8) is 0 Å². The predicted molar refractivity (Wildman–Crippen MR) is 100 cm³/mol. The molecule has 0 bridgehead atoms. The Morgan fingerprint density at radius 2 is 1.88 bits per heavy atom. The molecule has 1 aliphatic heterocycles. The number of H-pyrrole nitrogens is 1. The van der Waals surface area contributed by atoms with Crippen LogP contribution in [0.4, 0.5) is 5.82 Å². The van der Waals surface area contributed by atoms with Crippen LogP contribution < -0.4 is 10.1 Å². The summed E-state index contributed by atoms with van der Waals surface area (Å²) in [6.07, 6.45) is 1.31. The van der Waals surface area contributed by atoms with Crippen molar-refractivity contribution < 1.29 is 9.53 Å². The number of carbonyl (C=O) groups is 1. The molecule has 1 aliphatic rings. The predicted octanol–water partition coefficient (Wildman–Crippen LogP) is 3.81. The third-order valence-corrected chi connectivity index (χ3v) is 4.78. The standard InChI is InChI=1S/C21H21N3O2/c1-14-20-18(13-19(25)22-21(20)24-23-14)16-7-9-17(10-8-16)26-12-11-15-5-3-2-4-6-15/h2-10,18H,11-13H2,1H3,(H2,22,23,24,25). The zero-order valence-electron chi connectivity index (χ0n) is 14.7. The summed E-state index contributed by atoms with van der Waals surface area (Å²) in [7, 11) is 0. The van der Waals surface area contributed by atoms with Crippen molar-refractivity contribution in [3.8, 4) is 5.75 Å². The summed E-state index contributed by atoms with van der Waals surface area (Å²) in [4.78, 5) is 12.0. The fourth-order valence-electron chi connectivity index (χ4n) is 3.44. The lowest BCUT2D eigenvalue weighted by Gasteiger charge is -2.23. The molecule has 3 aromatic rings. The molecular weight excluding hydrogens is 326 g/mol. The third-order valence-electron chi connectivity index (χ3n) is 4.78. The normalized spacial score (nSPS) is 16.0. The SMILES string of the molecule is Cc1[nH]nc2c1C(c1ccc(OCCc3ccccc3)cc1)CC(=O)N2. The van der Waals surface area contributed by atoms with Crippen LogP contribution in [0.2, 0.25) is 0 Å². The van der Waals surface area contributed by atoms with Gasteiger partial charge in [-0.1, -0.05) is 42.5 Å². The minimum absolute atomic E-state index is 0.00260. The second-order valence-electron chi connectivity index (χ2n) is 6.57. The molecule has 0 spiro atoms. The number of anilines is 1. The number of hydrogen-bond acceptors (Lipinski definition) is 3. The smallest absolute Gasteiger partial charge is 0.226 e. The van der Waals surface area contributed by atoms with Crippen molar-refractivity contribution in [2.24, 2.45) is 0 Å². The summed E-state index contributed by atoms with van der Waals surface area (Å²) in [5.41, 5.74) is 4.43. The number of rotatable bonds is 5. The summed E-state index contributed by atoms with van der Waals surface area (Å²) in [5.74, 6) is 1.51. The highest BCUT2D eigenvalue weighted by atomic mass is 16.5. The monoisotopic (exact) mass is 347 g/mol. The molecule has 0 saturated carbocycles. The van der Waals surface area contributed by atoms with Gasteiger partial charge in [0.15, 0.2) is 5.82 Å². The van der Waals surface area contributed by atoms with Gasteiger partial charge in [0.2, 0.25) is 5.91 Å². The number of amides is 1. The molecule has 1 unspecified atom stereocenters. The summed E-state index contributed by atoms with van der Waals surface area (Å²) >= 11 is 0. The van der Waals surface area contributed by atoms with E-state index in [1.54, 1.807) is 0 Å². The minimum atomic E-state index is -0.00260. The van der Waals surface area contributed by atoms with E-state index in [4.69, 9.17) is 4.74 Å². The number of nitrogens with one attached hydrogen (secondary N) is 2. The number of aromatic nitrogens is 2. The maximum absolute atomic E-state index is 12.0. The summed E-state index contributed by atoms with van der Waals surface area (Å²) in [6, 6.07) is 18.3. The van der Waals surface area contributed by atoms with Gasteiger partial charge in [0, 0.05) is 30.0 Å². The number of carbonyl (C=O) groups excluding carboxylic acids is 1. The van der Waals surface area contributed by atoms with E-state index in [2.05, 4.69) is 27.6 Å². The van der Waals surface area contributed by atoms with Crippen LogP contribution in [0.5, 0.6) is 5.75 Å². The second-order valence-corrected chi connectivity index (χ2v) is 6.57. The van der Waals surface area contributed by atoms with Crippen molar-refractivity contribution in [2.75, 3.05) is 11.9 Å². The summed E-state index contributed by atoms with van der Waals surface area (Å²) < 4.78 is 5.85. The lowest BCUT2D eigenvalue weighted by Crippen LogP contribution is -2.23. The van der Waals surface area contributed by atoms with Crippen molar-refractivity contribution >= 4 is 11.7 Å². The molecule has 1 aromatic heterocycles. The first kappa shape index (κ1) is 16.4. The van der Waals surface area contributed by atoms with Gasteiger partial charge in [-0.3, -0.25) is 9.89 Å². The third kappa shape index (κ3) is 3.33. The summed E-state index contributed by atoms with van der Waals surface area (Å²) in [6.45, 7) is 2.62. The largest absolute Gasteiger partial charge is 0.493 e. The van der Waals surface area contributed by atoms with Crippen LogP contribution in [0.1, 0.15) is 34.7 Å². The molecule has 2 heterocycles. The van der Waals surface area contributed by atoms with Crippen molar-refractivity contribution in [1.82, 2.24) is 10.2 Å². The highest BCUT2D eigenvalue weighted by Crippen LogP contribution is 2.38. The number of aromatic amines is 1. The zero-order chi connectivity index (χ0) is 17.9. The molecule has 4 rings (SSSR count). The quantitative estimate of drug-likeness (QED) is 0.737. The van der Waals surface area contributed by atoms with E-state index in [9.17, 15) is 4.79 Å². The average molecular weight is 347 g/mol. The molecule has 26 heavy (non-hydrogen) atoms. The lowest BCUT2D eigenvalue weighted by atomic mass is 9.86. The topological polar surface area (TPSA) is 67.0 Å².